The molecule has 0 unspecified atom stereocenters. The molecule has 0 bridgehead atoms. The molecule has 0 aliphatic carbocycles. The van der Waals surface area contributed by atoms with E-state index in [4.69, 9.17) is 0 Å². The molecule has 0 saturated heterocycles. The Balaban J connectivity index is 2.36. The van der Waals surface area contributed by atoms with Gasteiger partial charge in [0.1, 0.15) is 5.75 Å². The zero-order valence-electron chi connectivity index (χ0n) is 12.6. The van der Waals surface area contributed by atoms with E-state index in [9.17, 15) is 5.11 Å². The lowest BCUT2D eigenvalue weighted by molar-refractivity contribution is 0.474. The Morgan fingerprint density at radius 1 is 0.900 bits per heavy atom. The van der Waals surface area contributed by atoms with Gasteiger partial charge in [-0.05, 0) is 48.2 Å². The number of phenolic OH excluding ortho intramolecular Hbond substituents is 1. The van der Waals surface area contributed by atoms with Crippen molar-refractivity contribution in [1.29, 1.82) is 0 Å². The molecule has 0 atom stereocenters. The molecule has 0 saturated carbocycles. The summed E-state index contributed by atoms with van der Waals surface area (Å²) in [4.78, 5) is 0. The lowest BCUT2D eigenvalue weighted by Gasteiger charge is -2.26. The number of phenols is 1. The molecule has 1 heteroatoms. The van der Waals surface area contributed by atoms with Gasteiger partial charge in [-0.2, -0.15) is 0 Å². The summed E-state index contributed by atoms with van der Waals surface area (Å²) >= 11 is 0. The third kappa shape index (κ3) is 2.77. The van der Waals surface area contributed by atoms with Crippen molar-refractivity contribution < 1.29 is 5.11 Å². The highest BCUT2D eigenvalue weighted by atomic mass is 16.3. The van der Waals surface area contributed by atoms with Crippen LogP contribution >= 0.6 is 0 Å². The first-order valence-corrected chi connectivity index (χ1v) is 6.98. The number of aromatic hydroxyl groups is 1. The van der Waals surface area contributed by atoms with Gasteiger partial charge >= 0.3 is 0 Å². The number of hydrogen-bond acceptors (Lipinski definition) is 1. The van der Waals surface area contributed by atoms with Crippen molar-refractivity contribution in [2.45, 2.75) is 33.1 Å². The fraction of sp³-hybridized carbons (Fsp3) is 0.263. The average Bonchev–Trinajstić information content (AvgIpc) is 2.47. The van der Waals surface area contributed by atoms with E-state index in [2.05, 4.69) is 58.0 Å². The molecular weight excluding hydrogens is 244 g/mol. The van der Waals surface area contributed by atoms with Crippen LogP contribution in [-0.2, 0) is 5.41 Å². The van der Waals surface area contributed by atoms with E-state index in [1.165, 1.54) is 22.3 Å². The SMILES string of the molecule is CC=C(C)c1ccc(C(C)(C)c2ccc(O)cc2)cc1. The van der Waals surface area contributed by atoms with Crippen LogP contribution in [0.2, 0.25) is 0 Å². The second-order valence-electron chi connectivity index (χ2n) is 5.72. The Morgan fingerprint density at radius 3 is 1.80 bits per heavy atom. The Kier molecular flexibility index (Phi) is 3.99. The standard InChI is InChI=1S/C19H22O/c1-5-14(2)15-6-8-16(9-7-15)19(3,4)17-10-12-18(20)13-11-17/h5-13,20H,1-4H3. The highest BCUT2D eigenvalue weighted by molar-refractivity contribution is 5.63. The maximum absolute atomic E-state index is 9.41. The average molecular weight is 266 g/mol. The molecule has 0 fully saturated rings. The van der Waals surface area contributed by atoms with Gasteiger partial charge in [0.2, 0.25) is 0 Å². The summed E-state index contributed by atoms with van der Waals surface area (Å²) in [7, 11) is 0. The van der Waals surface area contributed by atoms with Crippen molar-refractivity contribution in [2.75, 3.05) is 0 Å². The third-order valence-corrected chi connectivity index (χ3v) is 4.08. The van der Waals surface area contributed by atoms with Gasteiger partial charge in [0, 0.05) is 5.41 Å². The van der Waals surface area contributed by atoms with Crippen LogP contribution in [0.5, 0.6) is 5.75 Å². The summed E-state index contributed by atoms with van der Waals surface area (Å²) in [6.07, 6.45) is 2.13. The van der Waals surface area contributed by atoms with E-state index < -0.39 is 0 Å². The molecule has 2 rings (SSSR count). The summed E-state index contributed by atoms with van der Waals surface area (Å²) < 4.78 is 0. The first-order valence-electron chi connectivity index (χ1n) is 6.98. The third-order valence-electron chi connectivity index (χ3n) is 4.08. The molecule has 0 amide bonds. The highest BCUT2D eigenvalue weighted by Gasteiger charge is 2.22. The molecule has 0 spiro atoms. The summed E-state index contributed by atoms with van der Waals surface area (Å²) in [6.45, 7) is 8.59. The smallest absolute Gasteiger partial charge is 0.115 e. The van der Waals surface area contributed by atoms with Gasteiger partial charge in [-0.3, -0.25) is 0 Å². The van der Waals surface area contributed by atoms with Gasteiger partial charge in [0.05, 0.1) is 0 Å². The fourth-order valence-corrected chi connectivity index (χ4v) is 2.36. The van der Waals surface area contributed by atoms with Gasteiger partial charge < -0.3 is 5.11 Å². The van der Waals surface area contributed by atoms with E-state index in [1.807, 2.05) is 12.1 Å². The van der Waals surface area contributed by atoms with Gasteiger partial charge in [0.25, 0.3) is 0 Å². The Bertz CT molecular complexity index is 601. The van der Waals surface area contributed by atoms with Crippen LogP contribution in [0.1, 0.15) is 44.4 Å². The molecule has 0 aliphatic rings. The lowest BCUT2D eigenvalue weighted by Crippen LogP contribution is -2.18. The number of allylic oxidation sites excluding steroid dienone is 2. The number of rotatable bonds is 3. The van der Waals surface area contributed by atoms with Crippen molar-refractivity contribution in [2.24, 2.45) is 0 Å². The minimum atomic E-state index is -0.0733. The molecular formula is C19H22O. The molecule has 2 aromatic carbocycles. The van der Waals surface area contributed by atoms with Crippen LogP contribution in [0.3, 0.4) is 0 Å². The largest absolute Gasteiger partial charge is 0.508 e. The summed E-state index contributed by atoms with van der Waals surface area (Å²) in [5, 5.41) is 9.41. The molecule has 1 N–H and O–H groups in total. The molecule has 104 valence electrons. The fourth-order valence-electron chi connectivity index (χ4n) is 2.36. The molecule has 0 heterocycles. The molecule has 0 radical (unpaired) electrons. The van der Waals surface area contributed by atoms with E-state index >= 15 is 0 Å². The Hall–Kier alpha value is -2.02. The quantitative estimate of drug-likeness (QED) is 0.815. The second-order valence-corrected chi connectivity index (χ2v) is 5.72. The van der Waals surface area contributed by atoms with Crippen LogP contribution in [0.15, 0.2) is 54.6 Å². The number of hydrogen-bond donors (Lipinski definition) is 1. The Labute approximate surface area is 121 Å². The van der Waals surface area contributed by atoms with E-state index in [-0.39, 0.29) is 5.41 Å². The van der Waals surface area contributed by atoms with E-state index in [0.29, 0.717) is 5.75 Å². The van der Waals surface area contributed by atoms with Crippen LogP contribution in [0.25, 0.3) is 5.57 Å². The maximum Gasteiger partial charge on any atom is 0.115 e. The Morgan fingerprint density at radius 2 is 1.35 bits per heavy atom. The minimum Gasteiger partial charge on any atom is -0.508 e. The molecule has 0 aromatic heterocycles. The minimum absolute atomic E-state index is 0.0733. The van der Waals surface area contributed by atoms with Crippen molar-refractivity contribution >= 4 is 5.57 Å². The lowest BCUT2D eigenvalue weighted by atomic mass is 9.78. The van der Waals surface area contributed by atoms with Gasteiger partial charge in [-0.15, -0.1) is 0 Å². The molecule has 1 nitrogen and oxygen atoms in total. The van der Waals surface area contributed by atoms with Crippen molar-refractivity contribution in [3.05, 3.63) is 71.3 Å². The van der Waals surface area contributed by atoms with Crippen LogP contribution < -0.4 is 0 Å². The zero-order chi connectivity index (χ0) is 14.8. The van der Waals surface area contributed by atoms with Gasteiger partial charge in [-0.1, -0.05) is 56.3 Å². The predicted octanol–water partition coefficient (Wildman–Crippen LogP) is 5.14. The second kappa shape index (κ2) is 5.54. The predicted molar refractivity (Wildman–Crippen MR) is 86.0 cm³/mol. The van der Waals surface area contributed by atoms with Gasteiger partial charge in [-0.25, -0.2) is 0 Å². The van der Waals surface area contributed by atoms with E-state index in [0.717, 1.165) is 0 Å². The van der Waals surface area contributed by atoms with Crippen molar-refractivity contribution in [1.82, 2.24) is 0 Å². The first-order chi connectivity index (χ1) is 9.45. The summed E-state index contributed by atoms with van der Waals surface area (Å²) in [5.74, 6) is 0.309. The van der Waals surface area contributed by atoms with Crippen LogP contribution in [-0.4, -0.2) is 5.11 Å². The maximum atomic E-state index is 9.41. The first kappa shape index (κ1) is 14.4. The number of benzene rings is 2. The van der Waals surface area contributed by atoms with Crippen LogP contribution in [0, 0.1) is 0 Å². The normalized spacial score (nSPS) is 12.5. The highest BCUT2D eigenvalue weighted by Crippen LogP contribution is 2.32. The van der Waals surface area contributed by atoms with Crippen molar-refractivity contribution in [3.63, 3.8) is 0 Å². The molecule has 20 heavy (non-hydrogen) atoms. The zero-order valence-corrected chi connectivity index (χ0v) is 12.6. The monoisotopic (exact) mass is 266 g/mol. The molecule has 0 aliphatic heterocycles. The molecule has 2 aromatic rings. The van der Waals surface area contributed by atoms with Crippen LogP contribution in [0.4, 0.5) is 0 Å². The van der Waals surface area contributed by atoms with Gasteiger partial charge in [0.15, 0.2) is 0 Å². The summed E-state index contributed by atoms with van der Waals surface area (Å²) in [6, 6.07) is 16.2. The topological polar surface area (TPSA) is 20.2 Å². The summed E-state index contributed by atoms with van der Waals surface area (Å²) in [5.41, 5.74) is 4.95. The van der Waals surface area contributed by atoms with E-state index in [1.54, 1.807) is 12.1 Å². The van der Waals surface area contributed by atoms with Crippen molar-refractivity contribution in [3.8, 4) is 5.75 Å².